The van der Waals surface area contributed by atoms with Gasteiger partial charge in [-0.15, -0.1) is 0 Å². The number of hydrogen-bond donors (Lipinski definition) is 1. The second kappa shape index (κ2) is 5.21. The molecule has 0 radical (unpaired) electrons. The topological polar surface area (TPSA) is 44.5 Å². The van der Waals surface area contributed by atoms with Crippen molar-refractivity contribution in [3.8, 4) is 11.5 Å². The van der Waals surface area contributed by atoms with Gasteiger partial charge in [0, 0.05) is 11.6 Å². The molecule has 1 aromatic carbocycles. The Kier molecular flexibility index (Phi) is 3.66. The van der Waals surface area contributed by atoms with Gasteiger partial charge in [0.2, 0.25) is 0 Å². The molecular formula is C13H15NO2S. The predicted octanol–water partition coefficient (Wildman–Crippen LogP) is 2.81. The highest BCUT2D eigenvalue weighted by molar-refractivity contribution is 7.08. The first kappa shape index (κ1) is 12.0. The van der Waals surface area contributed by atoms with Crippen molar-refractivity contribution >= 4 is 11.3 Å². The minimum absolute atomic E-state index is 0.165. The van der Waals surface area contributed by atoms with Crippen molar-refractivity contribution in [2.24, 2.45) is 5.73 Å². The molecule has 0 saturated heterocycles. The monoisotopic (exact) mass is 249 g/mol. The van der Waals surface area contributed by atoms with Crippen LogP contribution in [0.5, 0.6) is 11.5 Å². The number of methoxy groups -OCH3 is 2. The number of ether oxygens (including phenoxy) is 2. The summed E-state index contributed by atoms with van der Waals surface area (Å²) < 4.78 is 10.5. The molecule has 2 N–H and O–H groups in total. The smallest absolute Gasteiger partial charge is 0.127 e. The number of thiophene rings is 1. The molecule has 1 heterocycles. The van der Waals surface area contributed by atoms with E-state index in [0.29, 0.717) is 0 Å². The van der Waals surface area contributed by atoms with Gasteiger partial charge in [0.1, 0.15) is 11.5 Å². The Balaban J connectivity index is 2.38. The molecular weight excluding hydrogens is 234 g/mol. The third kappa shape index (κ3) is 2.43. The van der Waals surface area contributed by atoms with Gasteiger partial charge in [-0.05, 0) is 34.5 Å². The molecule has 0 saturated carbocycles. The van der Waals surface area contributed by atoms with Crippen LogP contribution < -0.4 is 15.2 Å². The average Bonchev–Trinajstić information content (AvgIpc) is 2.91. The fourth-order valence-electron chi connectivity index (χ4n) is 1.71. The van der Waals surface area contributed by atoms with Crippen molar-refractivity contribution in [2.75, 3.05) is 14.2 Å². The van der Waals surface area contributed by atoms with Gasteiger partial charge < -0.3 is 15.2 Å². The fraction of sp³-hybridized carbons (Fsp3) is 0.231. The number of rotatable bonds is 4. The summed E-state index contributed by atoms with van der Waals surface area (Å²) in [6, 6.07) is 7.55. The lowest BCUT2D eigenvalue weighted by Gasteiger charge is -2.15. The highest BCUT2D eigenvalue weighted by atomic mass is 32.1. The second-order valence-electron chi connectivity index (χ2n) is 3.64. The molecule has 17 heavy (non-hydrogen) atoms. The second-order valence-corrected chi connectivity index (χ2v) is 4.42. The normalized spacial score (nSPS) is 12.2. The Morgan fingerprint density at radius 3 is 2.59 bits per heavy atom. The van der Waals surface area contributed by atoms with Gasteiger partial charge >= 0.3 is 0 Å². The lowest BCUT2D eigenvalue weighted by atomic mass is 10.0. The Morgan fingerprint density at radius 1 is 1.18 bits per heavy atom. The molecule has 0 amide bonds. The van der Waals surface area contributed by atoms with Gasteiger partial charge in [-0.1, -0.05) is 0 Å². The van der Waals surface area contributed by atoms with Crippen LogP contribution in [0.15, 0.2) is 35.0 Å². The molecule has 2 aromatic rings. The number of benzene rings is 1. The highest BCUT2D eigenvalue weighted by Gasteiger charge is 2.14. The maximum atomic E-state index is 6.21. The van der Waals surface area contributed by atoms with E-state index in [1.54, 1.807) is 25.6 Å². The molecule has 1 atom stereocenters. The van der Waals surface area contributed by atoms with Gasteiger partial charge in [0.05, 0.1) is 20.3 Å². The summed E-state index contributed by atoms with van der Waals surface area (Å²) >= 11 is 1.64. The van der Waals surface area contributed by atoms with Crippen LogP contribution in [-0.2, 0) is 0 Å². The third-order valence-electron chi connectivity index (χ3n) is 2.68. The van der Waals surface area contributed by atoms with E-state index in [-0.39, 0.29) is 6.04 Å². The van der Waals surface area contributed by atoms with E-state index in [1.165, 1.54) is 0 Å². The van der Waals surface area contributed by atoms with E-state index in [1.807, 2.05) is 35.0 Å². The van der Waals surface area contributed by atoms with Gasteiger partial charge in [-0.2, -0.15) is 11.3 Å². The van der Waals surface area contributed by atoms with Gasteiger partial charge in [-0.25, -0.2) is 0 Å². The van der Waals surface area contributed by atoms with Crippen molar-refractivity contribution in [3.05, 3.63) is 46.2 Å². The van der Waals surface area contributed by atoms with E-state index in [2.05, 4.69) is 0 Å². The SMILES string of the molecule is COc1ccc([C@H](N)c2ccsc2)c(OC)c1. The van der Waals surface area contributed by atoms with E-state index in [4.69, 9.17) is 15.2 Å². The maximum absolute atomic E-state index is 6.21. The van der Waals surface area contributed by atoms with Crippen molar-refractivity contribution in [3.63, 3.8) is 0 Å². The molecule has 1 aromatic heterocycles. The molecule has 0 bridgehead atoms. The molecule has 0 aliphatic rings. The van der Waals surface area contributed by atoms with Crippen LogP contribution in [-0.4, -0.2) is 14.2 Å². The van der Waals surface area contributed by atoms with E-state index in [9.17, 15) is 0 Å². The quantitative estimate of drug-likeness (QED) is 0.906. The summed E-state index contributed by atoms with van der Waals surface area (Å²) in [6.07, 6.45) is 0. The lowest BCUT2D eigenvalue weighted by Crippen LogP contribution is -2.12. The van der Waals surface area contributed by atoms with Crippen molar-refractivity contribution in [1.29, 1.82) is 0 Å². The number of nitrogens with two attached hydrogens (primary N) is 1. The molecule has 90 valence electrons. The van der Waals surface area contributed by atoms with E-state index >= 15 is 0 Å². The molecule has 0 aliphatic carbocycles. The van der Waals surface area contributed by atoms with Crippen LogP contribution in [0.2, 0.25) is 0 Å². The van der Waals surface area contributed by atoms with Crippen LogP contribution in [0.25, 0.3) is 0 Å². The molecule has 2 rings (SSSR count). The Bertz CT molecular complexity index is 482. The van der Waals surface area contributed by atoms with Crippen molar-refractivity contribution < 1.29 is 9.47 Å². The molecule has 0 spiro atoms. The largest absolute Gasteiger partial charge is 0.497 e. The molecule has 4 heteroatoms. The number of hydrogen-bond acceptors (Lipinski definition) is 4. The summed E-state index contributed by atoms with van der Waals surface area (Å²) in [4.78, 5) is 0. The summed E-state index contributed by atoms with van der Waals surface area (Å²) in [7, 11) is 3.27. The Labute approximate surface area is 105 Å². The zero-order valence-corrected chi connectivity index (χ0v) is 10.7. The van der Waals surface area contributed by atoms with Crippen molar-refractivity contribution in [2.45, 2.75) is 6.04 Å². The van der Waals surface area contributed by atoms with Crippen LogP contribution in [0, 0.1) is 0 Å². The predicted molar refractivity (Wildman–Crippen MR) is 69.9 cm³/mol. The van der Waals surface area contributed by atoms with Crippen LogP contribution in [0.3, 0.4) is 0 Å². The van der Waals surface area contributed by atoms with Crippen LogP contribution in [0.1, 0.15) is 17.2 Å². The zero-order chi connectivity index (χ0) is 12.3. The molecule has 0 aliphatic heterocycles. The minimum Gasteiger partial charge on any atom is -0.497 e. The lowest BCUT2D eigenvalue weighted by molar-refractivity contribution is 0.390. The fourth-order valence-corrected chi connectivity index (χ4v) is 2.40. The first-order chi connectivity index (χ1) is 8.26. The molecule has 0 unspecified atom stereocenters. The van der Waals surface area contributed by atoms with Gasteiger partial charge in [0.15, 0.2) is 0 Å². The average molecular weight is 249 g/mol. The van der Waals surface area contributed by atoms with Crippen LogP contribution >= 0.6 is 11.3 Å². The van der Waals surface area contributed by atoms with Crippen LogP contribution in [0.4, 0.5) is 0 Å². The first-order valence-electron chi connectivity index (χ1n) is 5.26. The van der Waals surface area contributed by atoms with Gasteiger partial charge in [0.25, 0.3) is 0 Å². The summed E-state index contributed by atoms with van der Waals surface area (Å²) in [6.45, 7) is 0. The summed E-state index contributed by atoms with van der Waals surface area (Å²) in [5.41, 5.74) is 8.27. The zero-order valence-electron chi connectivity index (χ0n) is 9.84. The van der Waals surface area contributed by atoms with E-state index < -0.39 is 0 Å². The highest BCUT2D eigenvalue weighted by Crippen LogP contribution is 2.32. The van der Waals surface area contributed by atoms with Gasteiger partial charge in [-0.3, -0.25) is 0 Å². The Hall–Kier alpha value is -1.52. The first-order valence-corrected chi connectivity index (χ1v) is 6.20. The summed E-state index contributed by atoms with van der Waals surface area (Å²) in [5, 5.41) is 4.07. The molecule has 3 nitrogen and oxygen atoms in total. The summed E-state index contributed by atoms with van der Waals surface area (Å²) in [5.74, 6) is 1.52. The van der Waals surface area contributed by atoms with Crippen molar-refractivity contribution in [1.82, 2.24) is 0 Å². The van der Waals surface area contributed by atoms with E-state index in [0.717, 1.165) is 22.6 Å². The standard InChI is InChI=1S/C13H15NO2S/c1-15-10-3-4-11(12(7-10)16-2)13(14)9-5-6-17-8-9/h3-8,13H,14H2,1-2H3/t13-/m1/s1. The third-order valence-corrected chi connectivity index (χ3v) is 3.38. The minimum atomic E-state index is -0.165. The molecule has 0 fully saturated rings. The Morgan fingerprint density at radius 2 is 2.00 bits per heavy atom. The maximum Gasteiger partial charge on any atom is 0.127 e.